The molecule has 0 saturated carbocycles. The maximum atomic E-state index is 13.1. The van der Waals surface area contributed by atoms with E-state index in [1.165, 1.54) is 16.4 Å². The second-order valence-corrected chi connectivity index (χ2v) is 11.8. The third-order valence-corrected chi connectivity index (χ3v) is 8.44. The van der Waals surface area contributed by atoms with E-state index in [-0.39, 0.29) is 45.1 Å². The lowest BCUT2D eigenvalue weighted by Crippen LogP contribution is -2.41. The van der Waals surface area contributed by atoms with Crippen molar-refractivity contribution in [3.05, 3.63) is 50.1 Å². The van der Waals surface area contributed by atoms with Crippen LogP contribution in [0.15, 0.2) is 34.5 Å². The number of thiophene rings is 1. The average molecular weight is 491 g/mol. The Bertz CT molecular complexity index is 1010. The molecule has 30 heavy (non-hydrogen) atoms. The van der Waals surface area contributed by atoms with Gasteiger partial charge in [-0.2, -0.15) is 4.31 Å². The van der Waals surface area contributed by atoms with Crippen molar-refractivity contribution < 1.29 is 17.9 Å². The summed E-state index contributed by atoms with van der Waals surface area (Å²) < 4.78 is 32.7. The van der Waals surface area contributed by atoms with E-state index in [1.807, 2.05) is 38.3 Å². The van der Waals surface area contributed by atoms with Crippen molar-refractivity contribution in [3.8, 4) is 0 Å². The second-order valence-electron chi connectivity index (χ2n) is 8.07. The summed E-state index contributed by atoms with van der Waals surface area (Å²) in [5, 5.41) is 5.03. The van der Waals surface area contributed by atoms with Crippen molar-refractivity contribution in [1.82, 2.24) is 9.62 Å². The lowest BCUT2D eigenvalue weighted by atomic mass is 9.85. The first-order valence-corrected chi connectivity index (χ1v) is 12.5. The molecule has 0 spiro atoms. The highest BCUT2D eigenvalue weighted by molar-refractivity contribution is 7.89. The molecule has 1 saturated heterocycles. The summed E-state index contributed by atoms with van der Waals surface area (Å²) in [6.07, 6.45) is 0. The van der Waals surface area contributed by atoms with E-state index >= 15 is 0 Å². The normalized spacial score (nSPS) is 17.0. The van der Waals surface area contributed by atoms with Gasteiger partial charge in [0.1, 0.15) is 4.90 Å². The minimum Gasteiger partial charge on any atom is -0.379 e. The van der Waals surface area contributed by atoms with Crippen LogP contribution in [0.4, 0.5) is 0 Å². The Hall–Kier alpha value is -1.16. The first-order valence-electron chi connectivity index (χ1n) is 9.43. The van der Waals surface area contributed by atoms with Crippen LogP contribution in [0.3, 0.4) is 0 Å². The smallest absolute Gasteiger partial charge is 0.253 e. The van der Waals surface area contributed by atoms with Crippen LogP contribution >= 0.6 is 34.5 Å². The Labute approximate surface area is 191 Å². The van der Waals surface area contributed by atoms with E-state index in [1.54, 1.807) is 11.3 Å². The van der Waals surface area contributed by atoms with Crippen molar-refractivity contribution >= 4 is 50.5 Å². The molecule has 6 nitrogen and oxygen atoms in total. The van der Waals surface area contributed by atoms with Gasteiger partial charge in [-0.1, -0.05) is 50.0 Å². The molecular weight excluding hydrogens is 467 g/mol. The van der Waals surface area contributed by atoms with Crippen LogP contribution in [0, 0.1) is 5.41 Å². The summed E-state index contributed by atoms with van der Waals surface area (Å²) in [6, 6.07) is 6.18. The monoisotopic (exact) mass is 490 g/mol. The van der Waals surface area contributed by atoms with Crippen LogP contribution in [0.25, 0.3) is 0 Å². The fourth-order valence-corrected chi connectivity index (χ4v) is 6.47. The van der Waals surface area contributed by atoms with E-state index in [4.69, 9.17) is 27.9 Å². The molecule has 1 aliphatic heterocycles. The van der Waals surface area contributed by atoms with Crippen molar-refractivity contribution in [2.75, 3.05) is 26.3 Å². The van der Waals surface area contributed by atoms with Gasteiger partial charge in [0.25, 0.3) is 5.91 Å². The highest BCUT2D eigenvalue weighted by Crippen LogP contribution is 2.36. The van der Waals surface area contributed by atoms with Crippen LogP contribution < -0.4 is 5.32 Å². The Morgan fingerprint density at radius 3 is 2.43 bits per heavy atom. The molecule has 1 unspecified atom stereocenters. The van der Waals surface area contributed by atoms with E-state index < -0.39 is 15.9 Å². The zero-order chi connectivity index (χ0) is 22.1. The van der Waals surface area contributed by atoms with Gasteiger partial charge in [-0.05, 0) is 29.0 Å². The van der Waals surface area contributed by atoms with Crippen LogP contribution in [0.5, 0.6) is 0 Å². The lowest BCUT2D eigenvalue weighted by molar-refractivity contribution is 0.0730. The van der Waals surface area contributed by atoms with E-state index in [0.717, 1.165) is 4.88 Å². The van der Waals surface area contributed by atoms with Gasteiger partial charge in [-0.15, -0.1) is 11.3 Å². The van der Waals surface area contributed by atoms with Gasteiger partial charge in [0.2, 0.25) is 10.0 Å². The molecule has 0 bridgehead atoms. The fourth-order valence-electron chi connectivity index (χ4n) is 3.21. The summed E-state index contributed by atoms with van der Waals surface area (Å²) in [5.74, 6) is -0.455. The molecule has 1 fully saturated rings. The minimum atomic E-state index is -3.88. The van der Waals surface area contributed by atoms with Gasteiger partial charge in [-0.3, -0.25) is 4.79 Å². The number of carbonyl (C=O) groups excluding carboxylic acids is 1. The largest absolute Gasteiger partial charge is 0.379 e. The number of ether oxygens (including phenoxy) is 1. The molecule has 1 atom stereocenters. The van der Waals surface area contributed by atoms with Gasteiger partial charge < -0.3 is 10.1 Å². The molecule has 0 aliphatic carbocycles. The van der Waals surface area contributed by atoms with Gasteiger partial charge in [0.15, 0.2) is 0 Å². The van der Waals surface area contributed by atoms with E-state index in [9.17, 15) is 13.2 Å². The highest BCUT2D eigenvalue weighted by atomic mass is 35.5. The number of rotatable bonds is 5. The first kappa shape index (κ1) is 23.5. The SMILES string of the molecule is CC(C)(C)C(NC(=O)c1cc(S(=O)(=O)N2CCOCC2)c(Cl)cc1Cl)c1cccs1. The molecule has 2 aromatic rings. The number of nitrogens with one attached hydrogen (secondary N) is 1. The molecule has 1 aromatic heterocycles. The number of benzene rings is 1. The molecule has 0 radical (unpaired) electrons. The molecule has 1 aliphatic rings. The molecule has 10 heteroatoms. The van der Waals surface area contributed by atoms with Crippen LogP contribution in [0.2, 0.25) is 10.0 Å². The number of carbonyl (C=O) groups is 1. The van der Waals surface area contributed by atoms with Crippen LogP contribution in [-0.4, -0.2) is 44.9 Å². The first-order chi connectivity index (χ1) is 14.0. The molecule has 3 rings (SSSR count). The average Bonchev–Trinajstić information content (AvgIpc) is 3.19. The molecular formula is C20H24Cl2N2O4S2. The van der Waals surface area contributed by atoms with E-state index in [2.05, 4.69) is 5.32 Å². The van der Waals surface area contributed by atoms with Gasteiger partial charge in [-0.25, -0.2) is 8.42 Å². The zero-order valence-electron chi connectivity index (χ0n) is 16.9. The lowest BCUT2D eigenvalue weighted by Gasteiger charge is -2.31. The Morgan fingerprint density at radius 2 is 1.87 bits per heavy atom. The Kier molecular flexibility index (Phi) is 7.16. The van der Waals surface area contributed by atoms with Crippen molar-refractivity contribution in [2.24, 2.45) is 5.41 Å². The number of hydrogen-bond donors (Lipinski definition) is 1. The summed E-state index contributed by atoms with van der Waals surface area (Å²) in [6.45, 7) is 7.15. The quantitative estimate of drug-likeness (QED) is 0.664. The minimum absolute atomic E-state index is 0.0197. The molecule has 1 N–H and O–H groups in total. The van der Waals surface area contributed by atoms with Crippen molar-refractivity contribution in [2.45, 2.75) is 31.7 Å². The Balaban J connectivity index is 1.96. The molecule has 1 amide bonds. The van der Waals surface area contributed by atoms with Gasteiger partial charge in [0.05, 0.1) is 34.9 Å². The molecule has 164 valence electrons. The van der Waals surface area contributed by atoms with Gasteiger partial charge >= 0.3 is 0 Å². The number of nitrogens with zero attached hydrogens (tertiary/aromatic N) is 1. The standard InChI is InChI=1S/C20H24Cl2N2O4S2/c1-20(2,3)18(16-5-4-10-29-16)23-19(25)13-11-17(15(22)12-14(13)21)30(26,27)24-6-8-28-9-7-24/h4-5,10-12,18H,6-9H2,1-3H3,(H,23,25). The molecule has 1 aromatic carbocycles. The topological polar surface area (TPSA) is 75.7 Å². The van der Waals surface area contributed by atoms with Crippen LogP contribution in [0.1, 0.15) is 42.0 Å². The summed E-state index contributed by atoms with van der Waals surface area (Å²) in [7, 11) is -3.88. The number of hydrogen-bond acceptors (Lipinski definition) is 5. The highest BCUT2D eigenvalue weighted by Gasteiger charge is 2.32. The van der Waals surface area contributed by atoms with Crippen LogP contribution in [-0.2, 0) is 14.8 Å². The van der Waals surface area contributed by atoms with Crippen molar-refractivity contribution in [1.29, 1.82) is 0 Å². The predicted molar refractivity (Wildman–Crippen MR) is 120 cm³/mol. The third-order valence-electron chi connectivity index (χ3n) is 4.82. The van der Waals surface area contributed by atoms with Crippen molar-refractivity contribution in [3.63, 3.8) is 0 Å². The maximum absolute atomic E-state index is 13.1. The number of sulfonamides is 1. The molecule has 2 heterocycles. The maximum Gasteiger partial charge on any atom is 0.253 e. The number of morpholine rings is 1. The third kappa shape index (κ3) is 5.00. The zero-order valence-corrected chi connectivity index (χ0v) is 20.1. The summed E-state index contributed by atoms with van der Waals surface area (Å²) >= 11 is 14.0. The van der Waals surface area contributed by atoms with Gasteiger partial charge in [0, 0.05) is 18.0 Å². The Morgan fingerprint density at radius 1 is 1.20 bits per heavy atom. The summed E-state index contributed by atoms with van der Waals surface area (Å²) in [4.78, 5) is 14.0. The predicted octanol–water partition coefficient (Wildman–Crippen LogP) is 4.59. The fraction of sp³-hybridized carbons (Fsp3) is 0.450. The van der Waals surface area contributed by atoms with E-state index in [0.29, 0.717) is 13.2 Å². The number of amides is 1. The summed E-state index contributed by atoms with van der Waals surface area (Å²) in [5.41, 5.74) is -0.194. The number of halogens is 2. The second kappa shape index (κ2) is 9.14.